The van der Waals surface area contributed by atoms with E-state index in [4.69, 9.17) is 4.74 Å². The lowest BCUT2D eigenvalue weighted by Crippen LogP contribution is -2.61. The molecule has 1 fully saturated rings. The summed E-state index contributed by atoms with van der Waals surface area (Å²) in [6.45, 7) is 0.314. The molecule has 1 aliphatic rings. The van der Waals surface area contributed by atoms with Crippen molar-refractivity contribution in [2.75, 3.05) is 6.54 Å². The average molecular weight is 341 g/mol. The van der Waals surface area contributed by atoms with E-state index in [1.165, 1.54) is 12.4 Å². The highest BCUT2D eigenvalue weighted by Crippen LogP contribution is 2.10. The van der Waals surface area contributed by atoms with Gasteiger partial charge < -0.3 is 15.4 Å². The Morgan fingerprint density at radius 1 is 1.24 bits per heavy atom. The normalized spacial score (nSPS) is 16.6. The van der Waals surface area contributed by atoms with Gasteiger partial charge in [-0.15, -0.1) is 0 Å². The molecule has 1 atom stereocenters. The van der Waals surface area contributed by atoms with Gasteiger partial charge in [-0.2, -0.15) is 0 Å². The fourth-order valence-electron chi connectivity index (χ4n) is 2.15. The quantitative estimate of drug-likeness (QED) is 0.703. The minimum Gasteiger partial charge on any atom is -0.473 e. The first kappa shape index (κ1) is 16.4. The van der Waals surface area contributed by atoms with Crippen LogP contribution in [0.2, 0.25) is 0 Å². The molecule has 1 unspecified atom stereocenters. The Kier molecular flexibility index (Phi) is 4.84. The molecule has 9 heteroatoms. The summed E-state index contributed by atoms with van der Waals surface area (Å²) in [7, 11) is 0. The molecular weight excluding hydrogens is 326 g/mol. The maximum atomic E-state index is 12.2. The van der Waals surface area contributed by atoms with E-state index in [1.54, 1.807) is 0 Å². The first-order chi connectivity index (χ1) is 12.1. The number of carbonyl (C=O) groups is 3. The summed E-state index contributed by atoms with van der Waals surface area (Å²) in [5, 5.41) is 7.00. The Hall–Kier alpha value is -3.49. The van der Waals surface area contributed by atoms with Crippen molar-refractivity contribution in [3.63, 3.8) is 0 Å². The van der Waals surface area contributed by atoms with Crippen molar-refractivity contribution in [1.82, 2.24) is 25.9 Å². The number of hydrogen-bond acceptors (Lipinski definition) is 6. The molecule has 0 radical (unpaired) electrons. The van der Waals surface area contributed by atoms with Crippen molar-refractivity contribution in [1.29, 1.82) is 0 Å². The molecule has 0 spiro atoms. The van der Waals surface area contributed by atoms with E-state index in [-0.39, 0.29) is 18.1 Å². The minimum absolute atomic E-state index is 0.0128. The molecule has 1 aromatic carbocycles. The van der Waals surface area contributed by atoms with Gasteiger partial charge in [0, 0.05) is 12.6 Å². The number of hydrogen-bond donors (Lipinski definition) is 3. The molecule has 0 aliphatic carbocycles. The van der Waals surface area contributed by atoms with Gasteiger partial charge in [0.25, 0.3) is 11.8 Å². The third-order valence-electron chi connectivity index (χ3n) is 3.43. The van der Waals surface area contributed by atoms with Crippen LogP contribution < -0.4 is 20.7 Å². The van der Waals surface area contributed by atoms with Crippen molar-refractivity contribution in [2.24, 2.45) is 0 Å². The number of urea groups is 1. The van der Waals surface area contributed by atoms with Crippen molar-refractivity contribution in [2.45, 2.75) is 12.6 Å². The van der Waals surface area contributed by atoms with Crippen LogP contribution in [0.5, 0.6) is 5.88 Å². The summed E-state index contributed by atoms with van der Waals surface area (Å²) in [6.07, 6.45) is 1.21. The zero-order valence-electron chi connectivity index (χ0n) is 13.1. The van der Waals surface area contributed by atoms with Gasteiger partial charge in [0.15, 0.2) is 0 Å². The number of aromatic nitrogens is 2. The van der Waals surface area contributed by atoms with E-state index in [0.717, 1.165) is 5.56 Å². The summed E-state index contributed by atoms with van der Waals surface area (Å²) in [4.78, 5) is 42.7. The number of imide groups is 1. The van der Waals surface area contributed by atoms with Crippen LogP contribution in [0.25, 0.3) is 0 Å². The lowest BCUT2D eigenvalue weighted by molar-refractivity contribution is -0.122. The molecule has 4 amide bonds. The second kappa shape index (κ2) is 7.39. The number of rotatable bonds is 5. The lowest BCUT2D eigenvalue weighted by atomic mass is 10.2. The largest absolute Gasteiger partial charge is 0.473 e. The standard InChI is InChI=1S/C16H15N5O4/c22-14(20-12-7-17-16(24)21-15(12)23)11-6-13(19-9-18-11)25-8-10-4-2-1-3-5-10/h1-6,9,12H,7-8H2,(H,20,22)(H2,17,21,23,24). The van der Waals surface area contributed by atoms with E-state index in [2.05, 4.69) is 25.9 Å². The average Bonchev–Trinajstić information content (AvgIpc) is 2.63. The zero-order valence-corrected chi connectivity index (χ0v) is 13.1. The first-order valence-corrected chi connectivity index (χ1v) is 7.50. The number of carbonyl (C=O) groups excluding carboxylic acids is 3. The molecule has 2 aromatic rings. The van der Waals surface area contributed by atoms with Gasteiger partial charge in [-0.05, 0) is 5.56 Å². The van der Waals surface area contributed by atoms with Crippen molar-refractivity contribution in [3.05, 3.63) is 54.0 Å². The summed E-state index contributed by atoms with van der Waals surface area (Å²) in [6, 6.07) is 9.44. The zero-order chi connectivity index (χ0) is 17.6. The van der Waals surface area contributed by atoms with Crippen LogP contribution in [0.1, 0.15) is 16.1 Å². The Morgan fingerprint density at radius 3 is 2.80 bits per heavy atom. The molecule has 1 aromatic heterocycles. The van der Waals surface area contributed by atoms with Crippen LogP contribution in [0.3, 0.4) is 0 Å². The molecule has 9 nitrogen and oxygen atoms in total. The molecule has 1 aliphatic heterocycles. The fraction of sp³-hybridized carbons (Fsp3) is 0.188. The van der Waals surface area contributed by atoms with Crippen molar-refractivity contribution >= 4 is 17.8 Å². The van der Waals surface area contributed by atoms with Crippen LogP contribution in [0.4, 0.5) is 4.79 Å². The Labute approximate surface area is 142 Å². The number of amides is 4. The molecular formula is C16H15N5O4. The topological polar surface area (TPSA) is 122 Å². The van der Waals surface area contributed by atoms with Gasteiger partial charge in [-0.3, -0.25) is 14.9 Å². The molecule has 0 saturated carbocycles. The molecule has 3 rings (SSSR count). The van der Waals surface area contributed by atoms with E-state index in [9.17, 15) is 14.4 Å². The smallest absolute Gasteiger partial charge is 0.321 e. The minimum atomic E-state index is -0.867. The second-order valence-corrected chi connectivity index (χ2v) is 5.24. The highest BCUT2D eigenvalue weighted by molar-refractivity contribution is 6.03. The maximum absolute atomic E-state index is 12.2. The molecule has 3 N–H and O–H groups in total. The van der Waals surface area contributed by atoms with E-state index >= 15 is 0 Å². The summed E-state index contributed by atoms with van der Waals surface area (Å²) in [5.41, 5.74) is 1.02. The summed E-state index contributed by atoms with van der Waals surface area (Å²) in [5.74, 6) is -0.902. The van der Waals surface area contributed by atoms with Crippen molar-refractivity contribution < 1.29 is 19.1 Å². The second-order valence-electron chi connectivity index (χ2n) is 5.24. The van der Waals surface area contributed by atoms with Crippen molar-refractivity contribution in [3.8, 4) is 5.88 Å². The van der Waals surface area contributed by atoms with Gasteiger partial charge in [0.1, 0.15) is 24.7 Å². The SMILES string of the molecule is O=C1NCC(NC(=O)c2cc(OCc3ccccc3)ncn2)C(=O)N1. The number of nitrogens with zero attached hydrogens (tertiary/aromatic N) is 2. The number of nitrogens with one attached hydrogen (secondary N) is 3. The fourth-order valence-corrected chi connectivity index (χ4v) is 2.15. The van der Waals surface area contributed by atoms with E-state index in [0.29, 0.717) is 6.61 Å². The highest BCUT2D eigenvalue weighted by Gasteiger charge is 2.28. The predicted molar refractivity (Wildman–Crippen MR) is 85.6 cm³/mol. The van der Waals surface area contributed by atoms with Gasteiger partial charge in [0.05, 0.1) is 0 Å². The van der Waals surface area contributed by atoms with Crippen LogP contribution in [0, 0.1) is 0 Å². The lowest BCUT2D eigenvalue weighted by Gasteiger charge is -2.22. The predicted octanol–water partition coefficient (Wildman–Crippen LogP) is -0.00660. The van der Waals surface area contributed by atoms with Crippen LogP contribution in [0.15, 0.2) is 42.7 Å². The maximum Gasteiger partial charge on any atom is 0.321 e. The van der Waals surface area contributed by atoms with Gasteiger partial charge >= 0.3 is 6.03 Å². The third kappa shape index (κ3) is 4.28. The highest BCUT2D eigenvalue weighted by atomic mass is 16.5. The molecule has 1 saturated heterocycles. The van der Waals surface area contributed by atoms with Gasteiger partial charge in [-0.25, -0.2) is 14.8 Å². The molecule has 128 valence electrons. The van der Waals surface area contributed by atoms with E-state index in [1.807, 2.05) is 30.3 Å². The van der Waals surface area contributed by atoms with Crippen LogP contribution >= 0.6 is 0 Å². The molecule has 2 heterocycles. The van der Waals surface area contributed by atoms with E-state index < -0.39 is 23.9 Å². The first-order valence-electron chi connectivity index (χ1n) is 7.50. The van der Waals surface area contributed by atoms with Gasteiger partial charge in [0.2, 0.25) is 5.88 Å². The summed E-state index contributed by atoms with van der Waals surface area (Å²) < 4.78 is 5.54. The Morgan fingerprint density at radius 2 is 2.04 bits per heavy atom. The number of ether oxygens (including phenoxy) is 1. The molecule has 0 bridgehead atoms. The number of benzene rings is 1. The molecule has 25 heavy (non-hydrogen) atoms. The monoisotopic (exact) mass is 341 g/mol. The third-order valence-corrected chi connectivity index (χ3v) is 3.43. The van der Waals surface area contributed by atoms with Crippen LogP contribution in [-0.4, -0.2) is 40.4 Å². The van der Waals surface area contributed by atoms with Gasteiger partial charge in [-0.1, -0.05) is 30.3 Å². The Bertz CT molecular complexity index is 796. The summed E-state index contributed by atoms with van der Waals surface area (Å²) >= 11 is 0. The Balaban J connectivity index is 1.61. The van der Waals surface area contributed by atoms with Crippen LogP contribution in [-0.2, 0) is 11.4 Å².